The van der Waals surface area contributed by atoms with Crippen LogP contribution < -0.4 is 10.1 Å². The maximum atomic E-state index is 12.7. The van der Waals surface area contributed by atoms with Gasteiger partial charge in [-0.25, -0.2) is 9.31 Å². The molecule has 2 fully saturated rings. The van der Waals surface area contributed by atoms with E-state index in [9.17, 15) is 9.59 Å². The molecule has 1 N–H and O–H groups in total. The Kier molecular flexibility index (Phi) is 5.17. The summed E-state index contributed by atoms with van der Waals surface area (Å²) in [6.07, 6.45) is 5.50. The number of hydrogen-bond acceptors (Lipinski definition) is 6. The first kappa shape index (κ1) is 18.7. The van der Waals surface area contributed by atoms with Gasteiger partial charge in [0.15, 0.2) is 0 Å². The van der Waals surface area contributed by atoms with Gasteiger partial charge in [0.25, 0.3) is 5.91 Å². The molecule has 0 bridgehead atoms. The number of nitrogens with one attached hydrogen (secondary N) is 1. The molecule has 0 unspecified atom stereocenters. The molecule has 1 saturated carbocycles. The molecule has 1 aliphatic heterocycles. The predicted molar refractivity (Wildman–Crippen MR) is 103 cm³/mol. The quantitative estimate of drug-likeness (QED) is 0.859. The highest BCUT2D eigenvalue weighted by molar-refractivity contribution is 5.97. The standard InChI is InChI=1S/C19H26N6O3/c1-23(2)17(26)15-11-14-12-21-18(28-19(27)24-9-7-20-8-10-24)22-25(14)16(15)13-5-3-4-6-13/h11-13,20H,3-10H2,1-2H3. The highest BCUT2D eigenvalue weighted by Crippen LogP contribution is 2.37. The zero-order chi connectivity index (χ0) is 19.7. The van der Waals surface area contributed by atoms with Gasteiger partial charge < -0.3 is 19.9 Å². The van der Waals surface area contributed by atoms with Crippen LogP contribution in [0.15, 0.2) is 12.3 Å². The van der Waals surface area contributed by atoms with Crippen molar-refractivity contribution in [2.45, 2.75) is 31.6 Å². The van der Waals surface area contributed by atoms with Crippen molar-refractivity contribution < 1.29 is 14.3 Å². The number of carbonyl (C=O) groups excluding carboxylic acids is 2. The number of ether oxygens (including phenoxy) is 1. The van der Waals surface area contributed by atoms with Gasteiger partial charge in [0.1, 0.15) is 0 Å². The van der Waals surface area contributed by atoms with Crippen LogP contribution in [0.5, 0.6) is 6.01 Å². The summed E-state index contributed by atoms with van der Waals surface area (Å²) in [4.78, 5) is 32.5. The van der Waals surface area contributed by atoms with E-state index in [0.717, 1.165) is 50.0 Å². The van der Waals surface area contributed by atoms with Gasteiger partial charge in [-0.2, -0.15) is 4.98 Å². The van der Waals surface area contributed by atoms with Crippen LogP contribution in [-0.2, 0) is 0 Å². The Hall–Kier alpha value is -2.68. The molecule has 9 nitrogen and oxygen atoms in total. The predicted octanol–water partition coefficient (Wildman–Crippen LogP) is 1.49. The largest absolute Gasteiger partial charge is 0.417 e. The molecule has 2 amide bonds. The van der Waals surface area contributed by atoms with Crippen LogP contribution in [0.1, 0.15) is 47.7 Å². The van der Waals surface area contributed by atoms with E-state index in [0.29, 0.717) is 18.7 Å². The second kappa shape index (κ2) is 7.75. The van der Waals surface area contributed by atoms with Crippen molar-refractivity contribution in [3.8, 4) is 6.01 Å². The van der Waals surface area contributed by atoms with Gasteiger partial charge in [-0.05, 0) is 18.9 Å². The van der Waals surface area contributed by atoms with Crippen molar-refractivity contribution in [2.24, 2.45) is 0 Å². The van der Waals surface area contributed by atoms with Crippen LogP contribution >= 0.6 is 0 Å². The van der Waals surface area contributed by atoms with Crippen LogP contribution in [0, 0.1) is 0 Å². The van der Waals surface area contributed by atoms with Crippen molar-refractivity contribution in [1.29, 1.82) is 0 Å². The lowest BCUT2D eigenvalue weighted by Crippen LogP contribution is -2.47. The lowest BCUT2D eigenvalue weighted by atomic mass is 10.00. The van der Waals surface area contributed by atoms with Gasteiger partial charge in [0.2, 0.25) is 0 Å². The summed E-state index contributed by atoms with van der Waals surface area (Å²) in [6, 6.07) is 1.84. The Morgan fingerprint density at radius 3 is 2.61 bits per heavy atom. The molecule has 0 aromatic carbocycles. The lowest BCUT2D eigenvalue weighted by molar-refractivity contribution is 0.0825. The number of amides is 2. The zero-order valence-electron chi connectivity index (χ0n) is 16.3. The molecular formula is C19H26N6O3. The van der Waals surface area contributed by atoms with Gasteiger partial charge in [-0.3, -0.25) is 4.79 Å². The number of hydrogen-bond donors (Lipinski definition) is 1. The van der Waals surface area contributed by atoms with Gasteiger partial charge in [0.05, 0.1) is 23.0 Å². The summed E-state index contributed by atoms with van der Waals surface area (Å²) in [7, 11) is 3.49. The summed E-state index contributed by atoms with van der Waals surface area (Å²) in [5.74, 6) is 0.222. The van der Waals surface area contributed by atoms with E-state index in [1.807, 2.05) is 6.07 Å². The number of piperazine rings is 1. The fraction of sp³-hybridized carbons (Fsp3) is 0.579. The third-order valence-electron chi connectivity index (χ3n) is 5.47. The number of rotatable bonds is 3. The summed E-state index contributed by atoms with van der Waals surface area (Å²) < 4.78 is 7.15. The van der Waals surface area contributed by atoms with Gasteiger partial charge in [0, 0.05) is 46.2 Å². The number of aromatic nitrogens is 3. The molecule has 2 aliphatic rings. The summed E-state index contributed by atoms with van der Waals surface area (Å²) in [5.41, 5.74) is 2.28. The Labute approximate surface area is 163 Å². The minimum atomic E-state index is -0.444. The minimum Gasteiger partial charge on any atom is -0.373 e. The second-order valence-electron chi connectivity index (χ2n) is 7.61. The molecule has 0 atom stereocenters. The first-order chi connectivity index (χ1) is 13.5. The van der Waals surface area contributed by atoms with Gasteiger partial charge in [-0.1, -0.05) is 12.8 Å². The highest BCUT2D eigenvalue weighted by atomic mass is 16.6. The molecule has 3 heterocycles. The van der Waals surface area contributed by atoms with E-state index >= 15 is 0 Å². The molecule has 1 saturated heterocycles. The van der Waals surface area contributed by atoms with Crippen LogP contribution in [0.2, 0.25) is 0 Å². The Morgan fingerprint density at radius 2 is 1.93 bits per heavy atom. The highest BCUT2D eigenvalue weighted by Gasteiger charge is 2.29. The fourth-order valence-electron chi connectivity index (χ4n) is 4.01. The topological polar surface area (TPSA) is 92.1 Å². The van der Waals surface area contributed by atoms with Crippen molar-refractivity contribution in [3.63, 3.8) is 0 Å². The molecule has 9 heteroatoms. The summed E-state index contributed by atoms with van der Waals surface area (Å²) >= 11 is 0. The first-order valence-corrected chi connectivity index (χ1v) is 9.82. The monoisotopic (exact) mass is 386 g/mol. The van der Waals surface area contributed by atoms with E-state index in [4.69, 9.17) is 4.74 Å². The molecular weight excluding hydrogens is 360 g/mol. The third-order valence-corrected chi connectivity index (χ3v) is 5.47. The van der Waals surface area contributed by atoms with E-state index in [-0.39, 0.29) is 17.8 Å². The molecule has 1 aliphatic carbocycles. The Morgan fingerprint density at radius 1 is 1.21 bits per heavy atom. The molecule has 4 rings (SSSR count). The van der Waals surface area contributed by atoms with Gasteiger partial charge >= 0.3 is 12.1 Å². The molecule has 150 valence electrons. The number of nitrogens with zero attached hydrogens (tertiary/aromatic N) is 5. The minimum absolute atomic E-state index is 0.00901. The third kappa shape index (κ3) is 3.54. The molecule has 0 radical (unpaired) electrons. The molecule has 2 aromatic heterocycles. The fourth-order valence-corrected chi connectivity index (χ4v) is 4.01. The maximum absolute atomic E-state index is 12.7. The lowest BCUT2D eigenvalue weighted by Gasteiger charge is -2.25. The SMILES string of the molecule is CN(C)C(=O)c1cc2cnc(OC(=O)N3CCNCC3)nn2c1C1CCCC1. The number of carbonyl (C=O) groups is 2. The van der Waals surface area contributed by atoms with Crippen molar-refractivity contribution in [3.05, 3.63) is 23.5 Å². The van der Waals surface area contributed by atoms with Crippen molar-refractivity contribution >= 4 is 17.5 Å². The first-order valence-electron chi connectivity index (χ1n) is 9.82. The average Bonchev–Trinajstić information content (AvgIpc) is 3.35. The average molecular weight is 386 g/mol. The van der Waals surface area contributed by atoms with E-state index in [1.54, 1.807) is 34.6 Å². The molecule has 0 spiro atoms. The maximum Gasteiger partial charge on any atom is 0.417 e. The second-order valence-corrected chi connectivity index (χ2v) is 7.61. The molecule has 28 heavy (non-hydrogen) atoms. The van der Waals surface area contributed by atoms with Crippen molar-refractivity contribution in [1.82, 2.24) is 29.7 Å². The Bertz CT molecular complexity index is 881. The van der Waals surface area contributed by atoms with E-state index in [2.05, 4.69) is 15.4 Å². The van der Waals surface area contributed by atoms with E-state index in [1.165, 1.54) is 0 Å². The Balaban J connectivity index is 1.68. The van der Waals surface area contributed by atoms with Crippen LogP contribution in [-0.4, -0.2) is 76.7 Å². The molecule has 2 aromatic rings. The summed E-state index contributed by atoms with van der Waals surface area (Å²) in [6.45, 7) is 2.68. The van der Waals surface area contributed by atoms with E-state index < -0.39 is 6.09 Å². The normalized spacial score (nSPS) is 17.9. The van der Waals surface area contributed by atoms with Crippen molar-refractivity contribution in [2.75, 3.05) is 40.3 Å². The van der Waals surface area contributed by atoms with Crippen LogP contribution in [0.25, 0.3) is 5.52 Å². The van der Waals surface area contributed by atoms with Crippen LogP contribution in [0.4, 0.5) is 4.79 Å². The van der Waals surface area contributed by atoms with Gasteiger partial charge in [-0.15, -0.1) is 5.10 Å². The number of fused-ring (bicyclic) bond motifs is 1. The van der Waals surface area contributed by atoms with Crippen LogP contribution in [0.3, 0.4) is 0 Å². The summed E-state index contributed by atoms with van der Waals surface area (Å²) in [5, 5.41) is 7.66. The zero-order valence-corrected chi connectivity index (χ0v) is 16.3. The smallest absolute Gasteiger partial charge is 0.373 e.